The third-order valence-electron chi connectivity index (χ3n) is 7.46. The summed E-state index contributed by atoms with van der Waals surface area (Å²) in [7, 11) is 0.214. The number of esters is 3. The van der Waals surface area contributed by atoms with Crippen molar-refractivity contribution in [2.45, 2.75) is 95.4 Å². The Balaban J connectivity index is 1.60. The minimum absolute atomic E-state index is 0.178. The summed E-state index contributed by atoms with van der Waals surface area (Å²) in [5.74, 6) is -1.23. The van der Waals surface area contributed by atoms with Gasteiger partial charge in [0.25, 0.3) is 0 Å². The standard InChI is InChI=1S/C24H39O10P/c1-29-22(25)16-4-10-19(11-5-16)32-35(28,33-20-12-6-17(7-13-20)23(26)30-2)34-21-14-8-18(9-15-21)24(27)31-3/h16-21H,4-15H2,1-3H3. The number of hydrogen-bond donors (Lipinski definition) is 0. The van der Waals surface area contributed by atoms with Crippen LogP contribution in [0.1, 0.15) is 77.0 Å². The monoisotopic (exact) mass is 518 g/mol. The van der Waals surface area contributed by atoms with E-state index >= 15 is 0 Å². The molecule has 0 atom stereocenters. The highest BCUT2D eigenvalue weighted by molar-refractivity contribution is 7.48. The molecule has 0 heterocycles. The smallest absolute Gasteiger partial charge is 0.469 e. The van der Waals surface area contributed by atoms with E-state index in [4.69, 9.17) is 27.8 Å². The number of ether oxygens (including phenoxy) is 3. The second kappa shape index (κ2) is 13.2. The first-order valence-electron chi connectivity index (χ1n) is 12.7. The van der Waals surface area contributed by atoms with Crippen LogP contribution in [0.2, 0.25) is 0 Å². The van der Waals surface area contributed by atoms with Gasteiger partial charge in [-0.05, 0) is 77.0 Å². The Morgan fingerprint density at radius 2 is 0.714 bits per heavy atom. The minimum Gasteiger partial charge on any atom is -0.469 e. The van der Waals surface area contributed by atoms with Crippen molar-refractivity contribution in [3.63, 3.8) is 0 Å². The summed E-state index contributed by atoms with van der Waals surface area (Å²) in [6.07, 6.45) is 5.83. The molecule has 0 saturated heterocycles. The quantitative estimate of drug-likeness (QED) is 0.247. The lowest BCUT2D eigenvalue weighted by Gasteiger charge is -2.35. The number of phosphoric ester groups is 1. The van der Waals surface area contributed by atoms with Gasteiger partial charge < -0.3 is 14.2 Å². The van der Waals surface area contributed by atoms with Gasteiger partial charge in [-0.2, -0.15) is 0 Å². The van der Waals surface area contributed by atoms with E-state index < -0.39 is 7.82 Å². The fourth-order valence-electron chi connectivity index (χ4n) is 5.33. The lowest BCUT2D eigenvalue weighted by molar-refractivity contribution is -0.147. The lowest BCUT2D eigenvalue weighted by Crippen LogP contribution is -2.31. The molecular weight excluding hydrogens is 479 g/mol. The minimum atomic E-state index is -3.92. The summed E-state index contributed by atoms with van der Waals surface area (Å²) in [5.41, 5.74) is 0. The molecule has 11 heteroatoms. The van der Waals surface area contributed by atoms with E-state index in [-0.39, 0.29) is 54.0 Å². The van der Waals surface area contributed by atoms with Gasteiger partial charge >= 0.3 is 25.7 Å². The molecule has 10 nitrogen and oxygen atoms in total. The number of rotatable bonds is 9. The van der Waals surface area contributed by atoms with Gasteiger partial charge in [-0.25, -0.2) is 4.57 Å². The Morgan fingerprint density at radius 3 is 0.914 bits per heavy atom. The van der Waals surface area contributed by atoms with Crippen LogP contribution in [0.4, 0.5) is 0 Å². The summed E-state index contributed by atoms with van der Waals surface area (Å²) in [6.45, 7) is 0. The molecule has 0 aromatic heterocycles. The first-order valence-corrected chi connectivity index (χ1v) is 14.1. The van der Waals surface area contributed by atoms with Gasteiger partial charge in [0.05, 0.1) is 57.4 Å². The molecule has 0 unspecified atom stereocenters. The van der Waals surface area contributed by atoms with Gasteiger partial charge in [-0.15, -0.1) is 0 Å². The summed E-state index contributed by atoms with van der Waals surface area (Å²) < 4.78 is 46.5. The topological polar surface area (TPSA) is 124 Å². The van der Waals surface area contributed by atoms with Crippen molar-refractivity contribution in [2.75, 3.05) is 21.3 Å². The molecule has 3 rings (SSSR count). The van der Waals surface area contributed by atoms with Gasteiger partial charge in [-0.3, -0.25) is 28.0 Å². The van der Waals surface area contributed by atoms with Crippen molar-refractivity contribution in [3.05, 3.63) is 0 Å². The maximum Gasteiger partial charge on any atom is 0.475 e. The molecule has 0 aliphatic heterocycles. The third-order valence-corrected chi connectivity index (χ3v) is 9.13. The fourth-order valence-corrected chi connectivity index (χ4v) is 7.21. The average molecular weight is 519 g/mol. The van der Waals surface area contributed by atoms with Crippen LogP contribution in [-0.4, -0.2) is 57.5 Å². The highest BCUT2D eigenvalue weighted by Gasteiger charge is 2.41. The van der Waals surface area contributed by atoms with E-state index in [1.807, 2.05) is 0 Å². The molecule has 0 spiro atoms. The first kappa shape index (κ1) is 28.1. The average Bonchev–Trinajstić information content (AvgIpc) is 2.88. The zero-order chi connectivity index (χ0) is 25.4. The molecule has 3 aliphatic rings. The van der Waals surface area contributed by atoms with Crippen LogP contribution >= 0.6 is 7.82 Å². The predicted octanol–water partition coefficient (Wildman–Crippen LogP) is 4.34. The summed E-state index contributed by atoms with van der Waals surface area (Å²) in [5, 5.41) is 0. The Kier molecular flexibility index (Phi) is 10.6. The van der Waals surface area contributed by atoms with E-state index in [2.05, 4.69) is 0 Å². The molecule has 0 amide bonds. The highest BCUT2D eigenvalue weighted by Crippen LogP contribution is 2.57. The third kappa shape index (κ3) is 8.00. The molecule has 200 valence electrons. The van der Waals surface area contributed by atoms with Crippen LogP contribution in [0.15, 0.2) is 0 Å². The van der Waals surface area contributed by atoms with Crippen molar-refractivity contribution in [3.8, 4) is 0 Å². The Bertz CT molecular complexity index is 662. The van der Waals surface area contributed by atoms with Crippen molar-refractivity contribution in [2.24, 2.45) is 17.8 Å². The number of hydrogen-bond acceptors (Lipinski definition) is 10. The van der Waals surface area contributed by atoms with Crippen molar-refractivity contribution < 1.29 is 46.7 Å². The van der Waals surface area contributed by atoms with E-state index in [9.17, 15) is 18.9 Å². The number of methoxy groups -OCH3 is 3. The van der Waals surface area contributed by atoms with Crippen LogP contribution in [0, 0.1) is 17.8 Å². The summed E-state index contributed by atoms with van der Waals surface area (Å²) >= 11 is 0. The zero-order valence-electron chi connectivity index (χ0n) is 21.0. The normalized spacial score (nSPS) is 33.2. The van der Waals surface area contributed by atoms with Gasteiger partial charge in [0, 0.05) is 0 Å². The molecule has 0 aromatic carbocycles. The molecule has 35 heavy (non-hydrogen) atoms. The SMILES string of the molecule is COC(=O)C1CCC(OP(=O)(OC2CCC(C(=O)OC)CC2)OC2CCC(C(=O)OC)CC2)CC1. The van der Waals surface area contributed by atoms with E-state index in [0.717, 1.165) is 0 Å². The zero-order valence-corrected chi connectivity index (χ0v) is 21.9. The number of carbonyl (C=O) groups is 3. The second-order valence-electron chi connectivity index (χ2n) is 9.75. The van der Waals surface area contributed by atoms with Crippen molar-refractivity contribution >= 4 is 25.7 Å². The van der Waals surface area contributed by atoms with Crippen LogP contribution in [-0.2, 0) is 46.7 Å². The molecule has 0 bridgehead atoms. The number of carbonyl (C=O) groups excluding carboxylic acids is 3. The van der Waals surface area contributed by atoms with Crippen molar-refractivity contribution in [1.29, 1.82) is 0 Å². The molecule has 3 fully saturated rings. The van der Waals surface area contributed by atoms with Crippen LogP contribution < -0.4 is 0 Å². The Morgan fingerprint density at radius 1 is 0.486 bits per heavy atom. The Labute approximate surface area is 207 Å². The fraction of sp³-hybridized carbons (Fsp3) is 0.875. The summed E-state index contributed by atoms with van der Waals surface area (Å²) in [6, 6.07) is 0. The predicted molar refractivity (Wildman–Crippen MR) is 124 cm³/mol. The largest absolute Gasteiger partial charge is 0.475 e. The highest BCUT2D eigenvalue weighted by atomic mass is 31.2. The Hall–Kier alpha value is -1.48. The van der Waals surface area contributed by atoms with E-state index in [1.165, 1.54) is 21.3 Å². The van der Waals surface area contributed by atoms with Crippen molar-refractivity contribution in [1.82, 2.24) is 0 Å². The van der Waals surface area contributed by atoms with Crippen LogP contribution in [0.5, 0.6) is 0 Å². The number of phosphoric acid groups is 1. The molecule has 0 radical (unpaired) electrons. The van der Waals surface area contributed by atoms with Gasteiger partial charge in [0.15, 0.2) is 0 Å². The second-order valence-corrected chi connectivity index (χ2v) is 11.3. The molecular formula is C24H39O10P. The van der Waals surface area contributed by atoms with Crippen LogP contribution in [0.3, 0.4) is 0 Å². The maximum atomic E-state index is 13.9. The lowest BCUT2D eigenvalue weighted by atomic mass is 9.87. The maximum absolute atomic E-state index is 13.9. The van der Waals surface area contributed by atoms with Gasteiger partial charge in [0.1, 0.15) is 0 Å². The van der Waals surface area contributed by atoms with E-state index in [0.29, 0.717) is 77.0 Å². The van der Waals surface area contributed by atoms with Gasteiger partial charge in [0.2, 0.25) is 0 Å². The molecule has 0 aromatic rings. The van der Waals surface area contributed by atoms with E-state index in [1.54, 1.807) is 0 Å². The van der Waals surface area contributed by atoms with Crippen LogP contribution in [0.25, 0.3) is 0 Å². The molecule has 3 aliphatic carbocycles. The summed E-state index contributed by atoms with van der Waals surface area (Å²) in [4.78, 5) is 35.5. The first-order chi connectivity index (χ1) is 16.8. The molecule has 0 N–H and O–H groups in total. The van der Waals surface area contributed by atoms with Gasteiger partial charge in [-0.1, -0.05) is 0 Å². The molecule has 3 saturated carbocycles.